The Hall–Kier alpha value is -2.04. The lowest BCUT2D eigenvalue weighted by Gasteiger charge is -2.25. The molecule has 1 fully saturated rings. The first-order chi connectivity index (χ1) is 10.5. The first kappa shape index (κ1) is 16.3. The molecule has 0 bridgehead atoms. The Morgan fingerprint density at radius 3 is 2.32 bits per heavy atom. The molecule has 0 radical (unpaired) electrons. The van der Waals surface area contributed by atoms with Gasteiger partial charge in [-0.25, -0.2) is 0 Å². The van der Waals surface area contributed by atoms with E-state index in [-0.39, 0.29) is 25.4 Å². The highest BCUT2D eigenvalue weighted by molar-refractivity contribution is 5.73. The van der Waals surface area contributed by atoms with E-state index in [1.807, 2.05) is 24.3 Å². The molecule has 5 heteroatoms. The molecule has 5 nitrogen and oxygen atoms in total. The number of carbonyl (C=O) groups is 2. The van der Waals surface area contributed by atoms with E-state index in [0.717, 1.165) is 37.0 Å². The van der Waals surface area contributed by atoms with Crippen LogP contribution < -0.4 is 4.74 Å². The van der Waals surface area contributed by atoms with Gasteiger partial charge in [-0.05, 0) is 36.0 Å². The number of rotatable bonds is 7. The summed E-state index contributed by atoms with van der Waals surface area (Å²) in [6, 6.07) is 7.31. The van der Waals surface area contributed by atoms with Crippen LogP contribution in [0.1, 0.15) is 44.1 Å². The molecule has 0 heterocycles. The smallest absolute Gasteiger partial charge is 0.306 e. The molecule has 0 atom stereocenters. The fraction of sp³-hybridized carbons (Fsp3) is 0.529. The van der Waals surface area contributed by atoms with E-state index in [9.17, 15) is 9.59 Å². The maximum Gasteiger partial charge on any atom is 0.306 e. The normalized spacial score (nSPS) is 16.2. The second-order valence-corrected chi connectivity index (χ2v) is 5.96. The Labute approximate surface area is 130 Å². The van der Waals surface area contributed by atoms with E-state index in [2.05, 4.69) is 0 Å². The van der Waals surface area contributed by atoms with Crippen molar-refractivity contribution in [2.45, 2.75) is 45.1 Å². The molecule has 1 saturated carbocycles. The number of aliphatic carboxylic acids is 1. The van der Waals surface area contributed by atoms with Crippen LogP contribution in [0, 0.1) is 5.41 Å². The van der Waals surface area contributed by atoms with Gasteiger partial charge >= 0.3 is 11.9 Å². The predicted molar refractivity (Wildman–Crippen MR) is 80.6 cm³/mol. The maximum atomic E-state index is 12.0. The summed E-state index contributed by atoms with van der Waals surface area (Å²) >= 11 is 0. The standard InChI is InChI=1S/C17H22O5/c1-21-14-6-4-13(5-7-14)12-22-16(20)11-17(10-15(18)19)8-2-3-9-17/h4-7H,2-3,8-12H2,1H3,(H,18,19). The Bertz CT molecular complexity index is 514. The summed E-state index contributed by atoms with van der Waals surface area (Å²) in [6.07, 6.45) is 3.78. The molecule has 1 aliphatic rings. The Morgan fingerprint density at radius 2 is 1.77 bits per heavy atom. The van der Waals surface area contributed by atoms with E-state index in [1.54, 1.807) is 7.11 Å². The van der Waals surface area contributed by atoms with E-state index in [4.69, 9.17) is 14.6 Å². The average Bonchev–Trinajstić information content (AvgIpc) is 2.92. The summed E-state index contributed by atoms with van der Waals surface area (Å²) < 4.78 is 10.4. The van der Waals surface area contributed by atoms with Crippen molar-refractivity contribution in [3.8, 4) is 5.75 Å². The van der Waals surface area contributed by atoms with E-state index < -0.39 is 11.4 Å². The second-order valence-electron chi connectivity index (χ2n) is 5.96. The van der Waals surface area contributed by atoms with Gasteiger partial charge in [-0.1, -0.05) is 25.0 Å². The van der Waals surface area contributed by atoms with Crippen LogP contribution in [0.25, 0.3) is 0 Å². The minimum absolute atomic E-state index is 0.0463. The zero-order chi connectivity index (χ0) is 16.0. The molecule has 0 amide bonds. The van der Waals surface area contributed by atoms with Crippen molar-refractivity contribution in [3.05, 3.63) is 29.8 Å². The lowest BCUT2D eigenvalue weighted by molar-refractivity contribution is -0.149. The zero-order valence-corrected chi connectivity index (χ0v) is 12.8. The van der Waals surface area contributed by atoms with Crippen LogP contribution in [-0.4, -0.2) is 24.2 Å². The van der Waals surface area contributed by atoms with Crippen molar-refractivity contribution in [1.82, 2.24) is 0 Å². The van der Waals surface area contributed by atoms with Gasteiger partial charge in [-0.2, -0.15) is 0 Å². The first-order valence-corrected chi connectivity index (χ1v) is 7.53. The van der Waals surface area contributed by atoms with Crippen molar-refractivity contribution in [2.24, 2.45) is 5.41 Å². The van der Waals surface area contributed by atoms with Crippen LogP contribution in [-0.2, 0) is 20.9 Å². The third-order valence-corrected chi connectivity index (χ3v) is 4.27. The number of hydrogen-bond donors (Lipinski definition) is 1. The highest BCUT2D eigenvalue weighted by Gasteiger charge is 2.38. The molecule has 2 rings (SSSR count). The number of carboxylic acid groups (broad SMARTS) is 1. The molecule has 1 N–H and O–H groups in total. The highest BCUT2D eigenvalue weighted by atomic mass is 16.5. The van der Waals surface area contributed by atoms with Crippen molar-refractivity contribution in [1.29, 1.82) is 0 Å². The topological polar surface area (TPSA) is 72.8 Å². The molecule has 120 valence electrons. The molecule has 0 aromatic heterocycles. The van der Waals surface area contributed by atoms with Gasteiger partial charge in [0.15, 0.2) is 0 Å². The lowest BCUT2D eigenvalue weighted by Crippen LogP contribution is -2.25. The molecular formula is C17H22O5. The van der Waals surface area contributed by atoms with Crippen LogP contribution in [0.4, 0.5) is 0 Å². The molecule has 1 aromatic carbocycles. The van der Waals surface area contributed by atoms with Crippen molar-refractivity contribution in [3.63, 3.8) is 0 Å². The second kappa shape index (κ2) is 7.29. The largest absolute Gasteiger partial charge is 0.497 e. The van der Waals surface area contributed by atoms with Crippen LogP contribution in [0.2, 0.25) is 0 Å². The number of carbonyl (C=O) groups excluding carboxylic acids is 1. The molecule has 1 aromatic rings. The highest BCUT2D eigenvalue weighted by Crippen LogP contribution is 2.44. The number of hydrogen-bond acceptors (Lipinski definition) is 4. The Balaban J connectivity index is 1.86. The number of benzene rings is 1. The summed E-state index contributed by atoms with van der Waals surface area (Å²) in [5.74, 6) is -0.412. The summed E-state index contributed by atoms with van der Waals surface area (Å²) in [5, 5.41) is 9.05. The summed E-state index contributed by atoms with van der Waals surface area (Å²) in [6.45, 7) is 0.200. The summed E-state index contributed by atoms with van der Waals surface area (Å²) in [4.78, 5) is 23.1. The molecule has 0 saturated heterocycles. The first-order valence-electron chi connectivity index (χ1n) is 7.53. The lowest BCUT2D eigenvalue weighted by atomic mass is 9.79. The minimum Gasteiger partial charge on any atom is -0.497 e. The van der Waals surface area contributed by atoms with Gasteiger partial charge in [0, 0.05) is 0 Å². The summed E-state index contributed by atoms with van der Waals surface area (Å²) in [7, 11) is 1.60. The van der Waals surface area contributed by atoms with E-state index in [1.165, 1.54) is 0 Å². The number of methoxy groups -OCH3 is 1. The zero-order valence-electron chi connectivity index (χ0n) is 12.8. The molecule has 0 aliphatic heterocycles. The predicted octanol–water partition coefficient (Wildman–Crippen LogP) is 3.16. The van der Waals surface area contributed by atoms with Gasteiger partial charge in [0.25, 0.3) is 0 Å². The molecule has 0 unspecified atom stereocenters. The third-order valence-electron chi connectivity index (χ3n) is 4.27. The van der Waals surface area contributed by atoms with E-state index >= 15 is 0 Å². The monoisotopic (exact) mass is 306 g/mol. The Morgan fingerprint density at radius 1 is 1.14 bits per heavy atom. The van der Waals surface area contributed by atoms with Crippen molar-refractivity contribution >= 4 is 11.9 Å². The van der Waals surface area contributed by atoms with Gasteiger partial charge in [0.05, 0.1) is 20.0 Å². The molecule has 0 spiro atoms. The van der Waals surface area contributed by atoms with Crippen LogP contribution in [0.5, 0.6) is 5.75 Å². The van der Waals surface area contributed by atoms with Crippen LogP contribution in [0.3, 0.4) is 0 Å². The van der Waals surface area contributed by atoms with Crippen LogP contribution in [0.15, 0.2) is 24.3 Å². The molecule has 22 heavy (non-hydrogen) atoms. The average molecular weight is 306 g/mol. The van der Waals surface area contributed by atoms with Gasteiger partial charge < -0.3 is 14.6 Å². The Kier molecular flexibility index (Phi) is 5.41. The number of ether oxygens (including phenoxy) is 2. The van der Waals surface area contributed by atoms with Gasteiger partial charge in [0.2, 0.25) is 0 Å². The third kappa shape index (κ3) is 4.48. The number of carboxylic acids is 1. The SMILES string of the molecule is COc1ccc(COC(=O)CC2(CC(=O)O)CCCC2)cc1. The van der Waals surface area contributed by atoms with Crippen LogP contribution >= 0.6 is 0 Å². The van der Waals surface area contributed by atoms with Crippen molar-refractivity contribution < 1.29 is 24.2 Å². The minimum atomic E-state index is -0.843. The quantitative estimate of drug-likeness (QED) is 0.783. The van der Waals surface area contributed by atoms with Gasteiger partial charge in [0.1, 0.15) is 12.4 Å². The van der Waals surface area contributed by atoms with Crippen molar-refractivity contribution in [2.75, 3.05) is 7.11 Å². The van der Waals surface area contributed by atoms with Gasteiger partial charge in [-0.3, -0.25) is 9.59 Å². The molecular weight excluding hydrogens is 284 g/mol. The fourth-order valence-corrected chi connectivity index (χ4v) is 3.10. The summed E-state index contributed by atoms with van der Waals surface area (Å²) in [5.41, 5.74) is 0.468. The fourth-order valence-electron chi connectivity index (χ4n) is 3.10. The maximum absolute atomic E-state index is 12.0. The van der Waals surface area contributed by atoms with E-state index in [0.29, 0.717) is 0 Å². The van der Waals surface area contributed by atoms with Gasteiger partial charge in [-0.15, -0.1) is 0 Å². The molecule has 1 aliphatic carbocycles. The number of esters is 1.